The first kappa shape index (κ1) is 12.5. The third kappa shape index (κ3) is 2.32. The largest absolute Gasteiger partial charge is 0.287 e. The summed E-state index contributed by atoms with van der Waals surface area (Å²) in [6.07, 6.45) is 0. The van der Waals surface area contributed by atoms with Crippen LogP contribution < -0.4 is 5.56 Å². The van der Waals surface area contributed by atoms with Gasteiger partial charge in [0.2, 0.25) is 0 Å². The minimum atomic E-state index is 0.0536. The van der Waals surface area contributed by atoms with Gasteiger partial charge in [-0.1, -0.05) is 49.9 Å². The van der Waals surface area contributed by atoms with Gasteiger partial charge in [-0.2, -0.15) is 0 Å². The summed E-state index contributed by atoms with van der Waals surface area (Å²) in [4.78, 5) is 16.6. The Morgan fingerprint density at radius 1 is 1.26 bits per heavy atom. The third-order valence-electron chi connectivity index (χ3n) is 3.39. The highest BCUT2D eigenvalue weighted by Crippen LogP contribution is 2.25. The average Bonchev–Trinajstić information content (AvgIpc) is 2.87. The van der Waals surface area contributed by atoms with Crippen molar-refractivity contribution in [2.24, 2.45) is 0 Å². The third-order valence-corrected chi connectivity index (χ3v) is 4.35. The molecule has 1 aliphatic rings. The molecule has 1 aromatic carbocycles. The normalized spacial score (nSPS) is 13.8. The van der Waals surface area contributed by atoms with Gasteiger partial charge in [0.15, 0.2) is 5.16 Å². The maximum atomic E-state index is 12.0. The van der Waals surface area contributed by atoms with Crippen molar-refractivity contribution in [2.45, 2.75) is 31.5 Å². The van der Waals surface area contributed by atoms with Crippen molar-refractivity contribution in [3.05, 3.63) is 46.2 Å². The zero-order valence-corrected chi connectivity index (χ0v) is 11.9. The van der Waals surface area contributed by atoms with E-state index in [1.54, 1.807) is 22.4 Å². The van der Waals surface area contributed by atoms with Crippen LogP contribution in [0.2, 0.25) is 0 Å². The number of benzene rings is 1. The van der Waals surface area contributed by atoms with Crippen LogP contribution in [0.15, 0.2) is 40.3 Å². The quantitative estimate of drug-likeness (QED) is 0.788. The van der Waals surface area contributed by atoms with E-state index in [2.05, 4.69) is 31.0 Å². The second-order valence-corrected chi connectivity index (χ2v) is 6.10. The van der Waals surface area contributed by atoms with Gasteiger partial charge in [-0.3, -0.25) is 9.36 Å². The first-order valence-electron chi connectivity index (χ1n) is 6.50. The second-order valence-electron chi connectivity index (χ2n) is 5.04. The molecule has 0 bridgehead atoms. The lowest BCUT2D eigenvalue weighted by Crippen LogP contribution is -2.19. The monoisotopic (exact) mass is 272 g/mol. The molecular formula is C15H16N2OS. The molecule has 98 valence electrons. The molecule has 0 amide bonds. The zero-order valence-electron chi connectivity index (χ0n) is 11.1. The smallest absolute Gasteiger partial charge is 0.254 e. The molecule has 0 radical (unpaired) electrons. The molecule has 0 saturated carbocycles. The lowest BCUT2D eigenvalue weighted by atomic mass is 10.0. The average molecular weight is 272 g/mol. The maximum absolute atomic E-state index is 12.0. The molecule has 2 heterocycles. The van der Waals surface area contributed by atoms with Gasteiger partial charge in [0, 0.05) is 23.9 Å². The zero-order chi connectivity index (χ0) is 13.4. The van der Waals surface area contributed by atoms with E-state index in [1.165, 1.54) is 5.56 Å². The first-order chi connectivity index (χ1) is 9.15. The van der Waals surface area contributed by atoms with E-state index in [1.807, 2.05) is 12.1 Å². The van der Waals surface area contributed by atoms with Crippen molar-refractivity contribution >= 4 is 11.8 Å². The Bertz CT molecular complexity index is 659. The molecule has 0 saturated heterocycles. The van der Waals surface area contributed by atoms with Crippen molar-refractivity contribution in [3.63, 3.8) is 0 Å². The van der Waals surface area contributed by atoms with E-state index in [0.717, 1.165) is 28.7 Å². The Kier molecular flexibility index (Phi) is 3.19. The number of rotatable bonds is 2. The van der Waals surface area contributed by atoms with Gasteiger partial charge < -0.3 is 0 Å². The molecule has 0 atom stereocenters. The van der Waals surface area contributed by atoms with Gasteiger partial charge in [0.1, 0.15) is 0 Å². The molecule has 1 aliphatic heterocycles. The molecule has 2 aromatic rings. The molecule has 19 heavy (non-hydrogen) atoms. The summed E-state index contributed by atoms with van der Waals surface area (Å²) >= 11 is 1.65. The van der Waals surface area contributed by atoms with Crippen LogP contribution in [0.3, 0.4) is 0 Å². The molecule has 0 N–H and O–H groups in total. The Morgan fingerprint density at radius 2 is 2.00 bits per heavy atom. The minimum absolute atomic E-state index is 0.0536. The van der Waals surface area contributed by atoms with Crippen molar-refractivity contribution < 1.29 is 0 Å². The van der Waals surface area contributed by atoms with E-state index in [-0.39, 0.29) is 5.56 Å². The van der Waals surface area contributed by atoms with Crippen molar-refractivity contribution in [1.82, 2.24) is 9.55 Å². The fraction of sp³-hybridized carbons (Fsp3) is 0.333. The van der Waals surface area contributed by atoms with Gasteiger partial charge >= 0.3 is 0 Å². The lowest BCUT2D eigenvalue weighted by Gasteiger charge is -2.08. The topological polar surface area (TPSA) is 34.9 Å². The van der Waals surface area contributed by atoms with Crippen LogP contribution in [0.1, 0.15) is 25.3 Å². The van der Waals surface area contributed by atoms with Gasteiger partial charge in [0.05, 0.1) is 5.69 Å². The summed E-state index contributed by atoms with van der Waals surface area (Å²) in [5, 5.41) is 0.843. The Hall–Kier alpha value is -1.55. The summed E-state index contributed by atoms with van der Waals surface area (Å²) < 4.78 is 1.75. The highest BCUT2D eigenvalue weighted by atomic mass is 32.2. The molecule has 0 unspecified atom stereocenters. The number of nitrogens with zero attached hydrogens (tertiary/aromatic N) is 2. The number of fused-ring (bicyclic) bond motifs is 1. The van der Waals surface area contributed by atoms with Crippen LogP contribution in [0.4, 0.5) is 0 Å². The number of thioether (sulfide) groups is 1. The molecule has 3 rings (SSSR count). The summed E-state index contributed by atoms with van der Waals surface area (Å²) in [7, 11) is 0. The highest BCUT2D eigenvalue weighted by molar-refractivity contribution is 7.99. The molecule has 0 spiro atoms. The van der Waals surface area contributed by atoms with E-state index >= 15 is 0 Å². The van der Waals surface area contributed by atoms with Crippen LogP contribution in [0.25, 0.3) is 11.3 Å². The molecule has 4 heteroatoms. The Balaban J connectivity index is 2.03. The fourth-order valence-electron chi connectivity index (χ4n) is 2.22. The second kappa shape index (κ2) is 4.85. The van der Waals surface area contributed by atoms with Crippen LogP contribution in [-0.2, 0) is 6.54 Å². The summed E-state index contributed by atoms with van der Waals surface area (Å²) in [6, 6.07) is 9.96. The summed E-state index contributed by atoms with van der Waals surface area (Å²) in [6.45, 7) is 5.12. The van der Waals surface area contributed by atoms with Crippen LogP contribution >= 0.6 is 11.8 Å². The predicted molar refractivity (Wildman–Crippen MR) is 78.7 cm³/mol. The fourth-order valence-corrected chi connectivity index (χ4v) is 3.17. The van der Waals surface area contributed by atoms with Crippen molar-refractivity contribution in [3.8, 4) is 11.3 Å². The van der Waals surface area contributed by atoms with Crippen LogP contribution in [-0.4, -0.2) is 15.3 Å². The van der Waals surface area contributed by atoms with Gasteiger partial charge in [-0.15, -0.1) is 0 Å². The molecule has 0 fully saturated rings. The van der Waals surface area contributed by atoms with Crippen LogP contribution in [0.5, 0.6) is 0 Å². The molecular weight excluding hydrogens is 256 g/mol. The number of hydrogen-bond acceptors (Lipinski definition) is 3. The number of hydrogen-bond donors (Lipinski definition) is 0. The first-order valence-corrected chi connectivity index (χ1v) is 7.49. The SMILES string of the molecule is CC(C)c1ccc(-c2cc(=O)n3c(n2)SCC3)cc1. The standard InChI is InChI=1S/C15H16N2OS/c1-10(2)11-3-5-12(6-4-11)13-9-14(18)17-7-8-19-15(17)16-13/h3-6,9-10H,7-8H2,1-2H3. The Morgan fingerprint density at radius 3 is 2.68 bits per heavy atom. The summed E-state index contributed by atoms with van der Waals surface area (Å²) in [5.74, 6) is 1.46. The molecule has 3 nitrogen and oxygen atoms in total. The van der Waals surface area contributed by atoms with Gasteiger partial charge in [-0.25, -0.2) is 4.98 Å². The highest BCUT2D eigenvalue weighted by Gasteiger charge is 2.15. The summed E-state index contributed by atoms with van der Waals surface area (Å²) in [5.41, 5.74) is 3.15. The predicted octanol–water partition coefficient (Wildman–Crippen LogP) is 3.14. The van der Waals surface area contributed by atoms with Crippen molar-refractivity contribution in [2.75, 3.05) is 5.75 Å². The van der Waals surface area contributed by atoms with Gasteiger partial charge in [-0.05, 0) is 11.5 Å². The number of aromatic nitrogens is 2. The lowest BCUT2D eigenvalue weighted by molar-refractivity contribution is 0.658. The van der Waals surface area contributed by atoms with Gasteiger partial charge in [0.25, 0.3) is 5.56 Å². The Labute approximate surface area is 116 Å². The maximum Gasteiger partial charge on any atom is 0.254 e. The van der Waals surface area contributed by atoms with E-state index < -0.39 is 0 Å². The van der Waals surface area contributed by atoms with E-state index in [4.69, 9.17) is 0 Å². The van der Waals surface area contributed by atoms with Crippen molar-refractivity contribution in [1.29, 1.82) is 0 Å². The van der Waals surface area contributed by atoms with E-state index in [0.29, 0.717) is 5.92 Å². The minimum Gasteiger partial charge on any atom is -0.287 e. The van der Waals surface area contributed by atoms with E-state index in [9.17, 15) is 4.79 Å². The van der Waals surface area contributed by atoms with Crippen LogP contribution in [0, 0.1) is 0 Å². The molecule has 1 aromatic heterocycles. The molecule has 0 aliphatic carbocycles.